The van der Waals surface area contributed by atoms with Gasteiger partial charge in [0.15, 0.2) is 0 Å². The normalized spacial score (nSPS) is 13.0. The molecule has 13 heteroatoms. The number of carboxylic acids is 2. The number of nitrogens with one attached hydrogen (secondary N) is 1. The monoisotopic (exact) mass is 424 g/mol. The first-order valence-electron chi connectivity index (χ1n) is 7.38. The lowest BCUT2D eigenvalue weighted by Gasteiger charge is -2.21. The van der Waals surface area contributed by atoms with Crippen molar-refractivity contribution in [1.29, 1.82) is 0 Å². The molecule has 0 saturated heterocycles. The van der Waals surface area contributed by atoms with Gasteiger partial charge in [-0.05, 0) is 24.6 Å². The summed E-state index contributed by atoms with van der Waals surface area (Å²) in [6.07, 6.45) is -0.0987. The zero-order valence-corrected chi connectivity index (χ0v) is 16.4. The number of ether oxygens (including phenoxy) is 1. The maximum absolute atomic E-state index is 12.5. The van der Waals surface area contributed by atoms with Gasteiger partial charge >= 0.3 is 11.9 Å². The molecule has 0 radical (unpaired) electrons. The molecule has 0 fully saturated rings. The van der Waals surface area contributed by atoms with Crippen LogP contribution in [-0.2, 0) is 29.6 Å². The first-order chi connectivity index (χ1) is 12.3. The summed E-state index contributed by atoms with van der Waals surface area (Å²) in [6, 6.07) is 1.68. The molecule has 152 valence electrons. The molecule has 0 aromatic heterocycles. The summed E-state index contributed by atoms with van der Waals surface area (Å²) < 4.78 is 56.2. The number of aliphatic carboxylic acids is 2. The van der Waals surface area contributed by atoms with Gasteiger partial charge in [-0.1, -0.05) is 0 Å². The molecule has 0 aliphatic heterocycles. The van der Waals surface area contributed by atoms with Crippen molar-refractivity contribution < 1.29 is 41.4 Å². The number of nitrogens with zero attached hydrogens (tertiary/aromatic N) is 1. The van der Waals surface area contributed by atoms with Gasteiger partial charge in [-0.25, -0.2) is 16.8 Å². The van der Waals surface area contributed by atoms with Gasteiger partial charge in [0.25, 0.3) is 0 Å². The fraction of sp³-hybridized carbons (Fsp3) is 0.429. The highest BCUT2D eigenvalue weighted by molar-refractivity contribution is 7.92. The second-order valence-electron chi connectivity index (χ2n) is 5.51. The van der Waals surface area contributed by atoms with Crippen LogP contribution in [0.5, 0.6) is 5.75 Å². The molecule has 1 atom stereocenters. The van der Waals surface area contributed by atoms with Gasteiger partial charge in [-0.15, -0.1) is 0 Å². The lowest BCUT2D eigenvalue weighted by molar-refractivity contribution is -0.140. The quantitative estimate of drug-likeness (QED) is 0.456. The summed E-state index contributed by atoms with van der Waals surface area (Å²) in [4.78, 5) is 21.4. The average molecular weight is 424 g/mol. The predicted molar refractivity (Wildman–Crippen MR) is 94.9 cm³/mol. The number of benzene rings is 1. The highest BCUT2D eigenvalue weighted by Crippen LogP contribution is 2.31. The van der Waals surface area contributed by atoms with E-state index in [0.29, 0.717) is 0 Å². The van der Waals surface area contributed by atoms with E-state index in [2.05, 4.69) is 0 Å². The van der Waals surface area contributed by atoms with Crippen LogP contribution in [-0.4, -0.2) is 65.4 Å². The highest BCUT2D eigenvalue weighted by Gasteiger charge is 2.27. The lowest BCUT2D eigenvalue weighted by atomic mass is 10.2. The topological polar surface area (TPSA) is 167 Å². The maximum Gasteiger partial charge on any atom is 0.321 e. The number of carbonyl (C=O) groups is 2. The molecule has 1 aromatic carbocycles. The maximum atomic E-state index is 12.5. The fourth-order valence-electron chi connectivity index (χ4n) is 2.02. The third-order valence-corrected chi connectivity index (χ3v) is 6.20. The van der Waals surface area contributed by atoms with E-state index in [-0.39, 0.29) is 11.4 Å². The van der Waals surface area contributed by atoms with Crippen molar-refractivity contribution in [3.8, 4) is 5.75 Å². The van der Waals surface area contributed by atoms with E-state index in [9.17, 15) is 26.4 Å². The van der Waals surface area contributed by atoms with E-state index in [1.807, 2.05) is 4.72 Å². The zero-order chi connectivity index (χ0) is 21.0. The average Bonchev–Trinajstić information content (AvgIpc) is 2.55. The Kier molecular flexibility index (Phi) is 7.17. The van der Waals surface area contributed by atoms with E-state index in [1.54, 1.807) is 0 Å². The van der Waals surface area contributed by atoms with Crippen LogP contribution in [0.2, 0.25) is 0 Å². The number of hydrogen-bond donors (Lipinski definition) is 3. The molecule has 27 heavy (non-hydrogen) atoms. The van der Waals surface area contributed by atoms with Gasteiger partial charge in [0.1, 0.15) is 11.8 Å². The molecule has 0 aliphatic carbocycles. The first-order valence-corrected chi connectivity index (χ1v) is 10.7. The number of carboxylic acid groups (broad SMARTS) is 2. The van der Waals surface area contributed by atoms with Crippen molar-refractivity contribution in [3.05, 3.63) is 18.2 Å². The Morgan fingerprint density at radius 1 is 1.22 bits per heavy atom. The molecule has 0 saturated carbocycles. The minimum atomic E-state index is -4.38. The van der Waals surface area contributed by atoms with E-state index in [1.165, 1.54) is 20.2 Å². The molecule has 11 nitrogen and oxygen atoms in total. The first kappa shape index (κ1) is 22.7. The van der Waals surface area contributed by atoms with Gasteiger partial charge in [0.05, 0.1) is 23.9 Å². The minimum absolute atomic E-state index is 0.0692. The zero-order valence-electron chi connectivity index (χ0n) is 14.7. The molecule has 1 aromatic rings. The Bertz CT molecular complexity index is 926. The van der Waals surface area contributed by atoms with E-state index in [0.717, 1.165) is 22.7 Å². The van der Waals surface area contributed by atoms with Crippen LogP contribution in [0.15, 0.2) is 23.1 Å². The van der Waals surface area contributed by atoms with Crippen LogP contribution in [0.1, 0.15) is 12.8 Å². The van der Waals surface area contributed by atoms with Gasteiger partial charge in [0.2, 0.25) is 20.0 Å². The fourth-order valence-corrected chi connectivity index (χ4v) is 3.76. The van der Waals surface area contributed by atoms with Crippen LogP contribution in [0.3, 0.4) is 0 Å². The minimum Gasteiger partial charge on any atom is -0.495 e. The molecule has 0 amide bonds. The number of methoxy groups -OCH3 is 1. The third kappa shape index (κ3) is 6.08. The van der Waals surface area contributed by atoms with Crippen LogP contribution in [0.4, 0.5) is 5.69 Å². The van der Waals surface area contributed by atoms with Gasteiger partial charge in [0, 0.05) is 13.5 Å². The van der Waals surface area contributed by atoms with Crippen molar-refractivity contribution in [2.24, 2.45) is 0 Å². The second kappa shape index (κ2) is 8.54. The number of sulfonamides is 2. The molecule has 1 rings (SSSR count). The Morgan fingerprint density at radius 2 is 1.81 bits per heavy atom. The summed E-state index contributed by atoms with van der Waals surface area (Å²) >= 11 is 0. The largest absolute Gasteiger partial charge is 0.495 e. The molecule has 0 heterocycles. The van der Waals surface area contributed by atoms with Crippen LogP contribution >= 0.6 is 0 Å². The number of anilines is 1. The molecule has 0 aliphatic rings. The summed E-state index contributed by atoms with van der Waals surface area (Å²) in [7, 11) is -5.64. The molecule has 3 N–H and O–H groups in total. The smallest absolute Gasteiger partial charge is 0.321 e. The van der Waals surface area contributed by atoms with Crippen LogP contribution < -0.4 is 13.8 Å². The second-order valence-corrected chi connectivity index (χ2v) is 9.24. The standard InChI is InChI=1S/C14H20N2O9S2/c1-16(26(3,21)22)11-8-9(4-6-12(11)25-2)27(23,24)15-10(14(19)20)5-7-13(17)18/h4,6,8,10,15H,5,7H2,1-3H3,(H,17,18)(H,19,20). The summed E-state index contributed by atoms with van der Waals surface area (Å²) in [5, 5.41) is 17.7. The Balaban J connectivity index is 3.30. The summed E-state index contributed by atoms with van der Waals surface area (Å²) in [6.45, 7) is 0. The SMILES string of the molecule is COc1ccc(S(=O)(=O)NC(CCC(=O)O)C(=O)O)cc1N(C)S(C)(=O)=O. The van der Waals surface area contributed by atoms with Gasteiger partial charge in [-0.3, -0.25) is 13.9 Å². The molecule has 0 bridgehead atoms. The van der Waals surface area contributed by atoms with Crippen molar-refractivity contribution >= 4 is 37.7 Å². The van der Waals surface area contributed by atoms with Crippen molar-refractivity contribution in [1.82, 2.24) is 4.72 Å². The van der Waals surface area contributed by atoms with Crippen LogP contribution in [0.25, 0.3) is 0 Å². The Labute approximate surface area is 156 Å². The predicted octanol–water partition coefficient (Wildman–Crippen LogP) is -0.313. The Morgan fingerprint density at radius 3 is 2.26 bits per heavy atom. The molecule has 0 spiro atoms. The van der Waals surface area contributed by atoms with E-state index < -0.39 is 55.8 Å². The van der Waals surface area contributed by atoms with Crippen molar-refractivity contribution in [2.45, 2.75) is 23.8 Å². The Hall–Kier alpha value is -2.38. The van der Waals surface area contributed by atoms with E-state index >= 15 is 0 Å². The molecular weight excluding hydrogens is 404 g/mol. The lowest BCUT2D eigenvalue weighted by Crippen LogP contribution is -2.41. The molecule has 1 unspecified atom stereocenters. The van der Waals surface area contributed by atoms with Crippen molar-refractivity contribution in [2.75, 3.05) is 24.7 Å². The summed E-state index contributed by atoms with van der Waals surface area (Å²) in [5.74, 6) is -2.73. The highest BCUT2D eigenvalue weighted by atomic mass is 32.2. The van der Waals surface area contributed by atoms with Gasteiger partial charge < -0.3 is 14.9 Å². The van der Waals surface area contributed by atoms with Crippen LogP contribution in [0, 0.1) is 0 Å². The van der Waals surface area contributed by atoms with Crippen molar-refractivity contribution in [3.63, 3.8) is 0 Å². The van der Waals surface area contributed by atoms with Gasteiger partial charge in [-0.2, -0.15) is 4.72 Å². The third-order valence-electron chi connectivity index (χ3n) is 3.54. The van der Waals surface area contributed by atoms with E-state index in [4.69, 9.17) is 14.9 Å². The number of hydrogen-bond acceptors (Lipinski definition) is 7. The summed E-state index contributed by atoms with van der Waals surface area (Å²) in [5.41, 5.74) is -0.0692. The molecular formula is C14H20N2O9S2. The number of rotatable bonds is 10.